The SMILES string of the molecule is O=S(=O)(CC1CCCN1)NC1CCOC1. The summed E-state index contributed by atoms with van der Waals surface area (Å²) < 4.78 is 31.3. The first kappa shape index (κ1) is 11.3. The maximum Gasteiger partial charge on any atom is 0.213 e. The minimum Gasteiger partial charge on any atom is -0.380 e. The van der Waals surface area contributed by atoms with Crippen molar-refractivity contribution in [3.05, 3.63) is 0 Å². The summed E-state index contributed by atoms with van der Waals surface area (Å²) in [6, 6.07) is 0.112. The van der Waals surface area contributed by atoms with E-state index in [0.29, 0.717) is 13.2 Å². The van der Waals surface area contributed by atoms with E-state index in [0.717, 1.165) is 25.8 Å². The second-order valence-electron chi connectivity index (χ2n) is 4.25. The zero-order valence-corrected chi connectivity index (χ0v) is 9.55. The molecule has 0 aromatic rings. The number of hydrogen-bond acceptors (Lipinski definition) is 4. The average Bonchev–Trinajstić information content (AvgIpc) is 2.75. The van der Waals surface area contributed by atoms with Gasteiger partial charge < -0.3 is 10.1 Å². The molecule has 0 aliphatic carbocycles. The van der Waals surface area contributed by atoms with Crippen LogP contribution in [0.4, 0.5) is 0 Å². The van der Waals surface area contributed by atoms with Gasteiger partial charge in [0.25, 0.3) is 0 Å². The third-order valence-corrected chi connectivity index (χ3v) is 4.39. The van der Waals surface area contributed by atoms with E-state index in [1.165, 1.54) is 0 Å². The molecule has 2 atom stereocenters. The Morgan fingerprint density at radius 1 is 1.40 bits per heavy atom. The first-order chi connectivity index (χ1) is 7.16. The highest BCUT2D eigenvalue weighted by atomic mass is 32.2. The number of nitrogens with one attached hydrogen (secondary N) is 2. The molecule has 0 spiro atoms. The Kier molecular flexibility index (Phi) is 3.60. The molecule has 0 radical (unpaired) electrons. The molecule has 2 aliphatic rings. The van der Waals surface area contributed by atoms with Gasteiger partial charge in [0.05, 0.1) is 12.4 Å². The summed E-state index contributed by atoms with van der Waals surface area (Å²) in [5, 5.41) is 3.19. The topological polar surface area (TPSA) is 67.4 Å². The van der Waals surface area contributed by atoms with Gasteiger partial charge in [-0.05, 0) is 25.8 Å². The highest BCUT2D eigenvalue weighted by Gasteiger charge is 2.26. The fourth-order valence-electron chi connectivity index (χ4n) is 2.09. The lowest BCUT2D eigenvalue weighted by Gasteiger charge is -2.14. The van der Waals surface area contributed by atoms with E-state index in [2.05, 4.69) is 10.0 Å². The normalized spacial score (nSPS) is 32.3. The molecule has 2 aliphatic heterocycles. The molecule has 15 heavy (non-hydrogen) atoms. The van der Waals surface area contributed by atoms with Gasteiger partial charge in [0, 0.05) is 18.7 Å². The van der Waals surface area contributed by atoms with E-state index in [1.54, 1.807) is 0 Å². The van der Waals surface area contributed by atoms with Crippen LogP contribution in [-0.2, 0) is 14.8 Å². The van der Waals surface area contributed by atoms with E-state index in [9.17, 15) is 8.42 Å². The van der Waals surface area contributed by atoms with Gasteiger partial charge in [-0.25, -0.2) is 13.1 Å². The van der Waals surface area contributed by atoms with Crippen molar-refractivity contribution in [2.45, 2.75) is 31.3 Å². The molecule has 0 amide bonds. The van der Waals surface area contributed by atoms with Gasteiger partial charge in [-0.3, -0.25) is 0 Å². The molecule has 0 bridgehead atoms. The Hall–Kier alpha value is -0.170. The van der Waals surface area contributed by atoms with E-state index in [4.69, 9.17) is 4.74 Å². The molecule has 2 saturated heterocycles. The van der Waals surface area contributed by atoms with Crippen molar-refractivity contribution in [1.29, 1.82) is 0 Å². The lowest BCUT2D eigenvalue weighted by Crippen LogP contribution is -2.41. The summed E-state index contributed by atoms with van der Waals surface area (Å²) in [7, 11) is -3.14. The summed E-state index contributed by atoms with van der Waals surface area (Å²) in [5.74, 6) is 0.198. The lowest BCUT2D eigenvalue weighted by atomic mass is 10.3. The number of hydrogen-bond donors (Lipinski definition) is 2. The maximum absolute atomic E-state index is 11.7. The van der Waals surface area contributed by atoms with Gasteiger partial charge in [-0.15, -0.1) is 0 Å². The monoisotopic (exact) mass is 234 g/mol. The zero-order valence-electron chi connectivity index (χ0n) is 8.74. The van der Waals surface area contributed by atoms with Gasteiger partial charge in [-0.1, -0.05) is 0 Å². The highest BCUT2D eigenvalue weighted by molar-refractivity contribution is 7.89. The lowest BCUT2D eigenvalue weighted by molar-refractivity contribution is 0.192. The van der Waals surface area contributed by atoms with Gasteiger partial charge in [0.2, 0.25) is 10.0 Å². The minimum atomic E-state index is -3.14. The van der Waals surface area contributed by atoms with Crippen LogP contribution in [0.2, 0.25) is 0 Å². The summed E-state index contributed by atoms with van der Waals surface area (Å²) in [5.41, 5.74) is 0. The second kappa shape index (κ2) is 4.78. The molecule has 2 heterocycles. The first-order valence-electron chi connectivity index (χ1n) is 5.47. The van der Waals surface area contributed by atoms with Gasteiger partial charge in [0.1, 0.15) is 0 Å². The number of rotatable bonds is 4. The van der Waals surface area contributed by atoms with Crippen LogP contribution in [0.5, 0.6) is 0 Å². The van der Waals surface area contributed by atoms with Crippen LogP contribution >= 0.6 is 0 Å². The molecule has 2 N–H and O–H groups in total. The number of sulfonamides is 1. The van der Waals surface area contributed by atoms with Crippen LogP contribution in [0, 0.1) is 0 Å². The van der Waals surface area contributed by atoms with Crippen molar-refractivity contribution < 1.29 is 13.2 Å². The summed E-state index contributed by atoms with van der Waals surface area (Å²) >= 11 is 0. The molecule has 5 nitrogen and oxygen atoms in total. The Morgan fingerprint density at radius 2 is 2.27 bits per heavy atom. The van der Waals surface area contributed by atoms with Crippen molar-refractivity contribution in [3.63, 3.8) is 0 Å². The van der Waals surface area contributed by atoms with Gasteiger partial charge in [-0.2, -0.15) is 0 Å². The van der Waals surface area contributed by atoms with Crippen LogP contribution < -0.4 is 10.0 Å². The van der Waals surface area contributed by atoms with Gasteiger partial charge in [0.15, 0.2) is 0 Å². The van der Waals surface area contributed by atoms with E-state index < -0.39 is 10.0 Å². The molecule has 2 rings (SSSR count). The van der Waals surface area contributed by atoms with E-state index in [-0.39, 0.29) is 17.8 Å². The van der Waals surface area contributed by atoms with E-state index in [1.807, 2.05) is 0 Å². The molecule has 0 aromatic heterocycles. The van der Waals surface area contributed by atoms with Crippen LogP contribution in [0.15, 0.2) is 0 Å². The Labute approximate surface area is 90.6 Å². The quantitative estimate of drug-likeness (QED) is 0.685. The number of ether oxygens (including phenoxy) is 1. The minimum absolute atomic E-state index is 0.0172. The van der Waals surface area contributed by atoms with Crippen LogP contribution in [0.25, 0.3) is 0 Å². The molecule has 88 valence electrons. The summed E-state index contributed by atoms with van der Waals surface area (Å²) in [4.78, 5) is 0. The smallest absolute Gasteiger partial charge is 0.213 e. The molecule has 0 aromatic carbocycles. The van der Waals surface area contributed by atoms with Gasteiger partial charge >= 0.3 is 0 Å². The molecule has 6 heteroatoms. The fraction of sp³-hybridized carbons (Fsp3) is 1.00. The average molecular weight is 234 g/mol. The van der Waals surface area contributed by atoms with Crippen molar-refractivity contribution >= 4 is 10.0 Å². The van der Waals surface area contributed by atoms with Crippen molar-refractivity contribution in [3.8, 4) is 0 Å². The van der Waals surface area contributed by atoms with Crippen molar-refractivity contribution in [2.75, 3.05) is 25.5 Å². The zero-order chi connectivity index (χ0) is 10.7. The predicted molar refractivity (Wildman–Crippen MR) is 57.2 cm³/mol. The Morgan fingerprint density at radius 3 is 2.87 bits per heavy atom. The van der Waals surface area contributed by atoms with Crippen LogP contribution in [-0.4, -0.2) is 46.0 Å². The van der Waals surface area contributed by atoms with Crippen LogP contribution in [0.3, 0.4) is 0 Å². The first-order valence-corrected chi connectivity index (χ1v) is 7.12. The third-order valence-electron chi connectivity index (χ3n) is 2.86. The highest BCUT2D eigenvalue weighted by Crippen LogP contribution is 2.09. The Bertz CT molecular complexity index is 268. The third kappa shape index (κ3) is 3.41. The fourth-order valence-corrected chi connectivity index (χ4v) is 3.70. The Balaban J connectivity index is 1.82. The van der Waals surface area contributed by atoms with Crippen molar-refractivity contribution in [1.82, 2.24) is 10.0 Å². The maximum atomic E-state index is 11.7. The van der Waals surface area contributed by atoms with Crippen molar-refractivity contribution in [2.24, 2.45) is 0 Å². The molecular weight excluding hydrogens is 216 g/mol. The van der Waals surface area contributed by atoms with E-state index >= 15 is 0 Å². The predicted octanol–water partition coefficient (Wildman–Crippen LogP) is -0.553. The summed E-state index contributed by atoms with van der Waals surface area (Å²) in [6.07, 6.45) is 2.83. The molecule has 2 unspecified atom stereocenters. The molecule has 2 fully saturated rings. The van der Waals surface area contributed by atoms with Crippen LogP contribution in [0.1, 0.15) is 19.3 Å². The largest absolute Gasteiger partial charge is 0.380 e. The molecular formula is C9H18N2O3S. The summed E-state index contributed by atoms with van der Waals surface area (Å²) in [6.45, 7) is 2.11. The standard InChI is InChI=1S/C9H18N2O3S/c12-15(13,7-9-2-1-4-10-9)11-8-3-5-14-6-8/h8-11H,1-7H2. The second-order valence-corrected chi connectivity index (χ2v) is 6.05. The molecule has 0 saturated carbocycles.